The van der Waals surface area contributed by atoms with Gasteiger partial charge in [0.05, 0.1) is 10.7 Å². The summed E-state index contributed by atoms with van der Waals surface area (Å²) >= 11 is 12.1. The maximum absolute atomic E-state index is 12.7. The first kappa shape index (κ1) is 17.6. The van der Waals surface area contributed by atoms with Crippen molar-refractivity contribution in [1.29, 1.82) is 0 Å². The van der Waals surface area contributed by atoms with Crippen molar-refractivity contribution in [2.24, 2.45) is 17.8 Å². The number of halogens is 2. The van der Waals surface area contributed by atoms with E-state index in [-0.39, 0.29) is 11.8 Å². The van der Waals surface area contributed by atoms with E-state index in [9.17, 15) is 4.79 Å². The first-order chi connectivity index (χ1) is 11.7. The Balaban J connectivity index is 1.64. The minimum atomic E-state index is 0.0945. The average Bonchev–Trinajstić information content (AvgIpc) is 3.22. The lowest BCUT2D eigenvalue weighted by Gasteiger charge is -2.07. The molecule has 1 N–H and O–H groups in total. The molecular weight excluding hydrogens is 341 g/mol. The summed E-state index contributed by atoms with van der Waals surface area (Å²) in [4.78, 5) is 12.7. The number of nitrogens with one attached hydrogen (secondary N) is 1. The van der Waals surface area contributed by atoms with Crippen LogP contribution in [0.5, 0.6) is 0 Å². The molecule has 0 aliphatic heterocycles. The van der Waals surface area contributed by atoms with Gasteiger partial charge in [0, 0.05) is 10.9 Å². The second kappa shape index (κ2) is 8.22. The first-order valence-corrected chi connectivity index (χ1v) is 9.48. The fourth-order valence-electron chi connectivity index (χ4n) is 3.67. The van der Waals surface area contributed by atoms with Crippen LogP contribution < -0.4 is 5.32 Å². The lowest BCUT2D eigenvalue weighted by Crippen LogP contribution is -2.16. The molecule has 1 fully saturated rings. The predicted molar refractivity (Wildman–Crippen MR) is 102 cm³/mol. The highest BCUT2D eigenvalue weighted by Crippen LogP contribution is 2.52. The summed E-state index contributed by atoms with van der Waals surface area (Å²) in [6, 6.07) is 5.17. The van der Waals surface area contributed by atoms with Gasteiger partial charge in [-0.3, -0.25) is 4.79 Å². The van der Waals surface area contributed by atoms with Crippen LogP contribution in [0.25, 0.3) is 0 Å². The quantitative estimate of drug-likeness (QED) is 0.617. The van der Waals surface area contributed by atoms with Gasteiger partial charge in [0.1, 0.15) is 0 Å². The highest BCUT2D eigenvalue weighted by Gasteiger charge is 2.52. The molecule has 128 valence electrons. The Labute approximate surface area is 153 Å². The highest BCUT2D eigenvalue weighted by molar-refractivity contribution is 6.36. The van der Waals surface area contributed by atoms with Crippen molar-refractivity contribution in [1.82, 2.24) is 0 Å². The number of amides is 1. The summed E-state index contributed by atoms with van der Waals surface area (Å²) in [7, 11) is 0. The number of fused-ring (bicyclic) bond motifs is 1. The number of carbonyl (C=O) groups is 1. The predicted octanol–water partition coefficient (Wildman–Crippen LogP) is 6.26. The molecule has 1 aromatic rings. The number of hydrogen-bond donors (Lipinski definition) is 1. The third-order valence-electron chi connectivity index (χ3n) is 4.99. The maximum atomic E-state index is 12.7. The van der Waals surface area contributed by atoms with Gasteiger partial charge in [0.15, 0.2) is 0 Å². The van der Waals surface area contributed by atoms with Gasteiger partial charge >= 0.3 is 0 Å². The van der Waals surface area contributed by atoms with Crippen LogP contribution in [0, 0.1) is 17.8 Å². The SMILES string of the molecule is O=C(Nc1ccc(Cl)cc1Cl)C1C2CC/C=C\CC/C=C\CCC21. The van der Waals surface area contributed by atoms with E-state index < -0.39 is 0 Å². The van der Waals surface area contributed by atoms with Crippen molar-refractivity contribution in [2.45, 2.75) is 38.5 Å². The summed E-state index contributed by atoms with van der Waals surface area (Å²) in [5.41, 5.74) is 0.646. The molecule has 2 nitrogen and oxygen atoms in total. The molecule has 24 heavy (non-hydrogen) atoms. The minimum Gasteiger partial charge on any atom is -0.325 e. The molecule has 1 saturated carbocycles. The number of allylic oxidation sites excluding steroid dienone is 4. The van der Waals surface area contributed by atoms with E-state index in [1.165, 1.54) is 0 Å². The normalized spacial score (nSPS) is 29.5. The Morgan fingerprint density at radius 1 is 0.917 bits per heavy atom. The number of hydrogen-bond acceptors (Lipinski definition) is 1. The summed E-state index contributed by atoms with van der Waals surface area (Å²) < 4.78 is 0. The minimum absolute atomic E-state index is 0.0945. The Kier molecular flexibility index (Phi) is 6.02. The largest absolute Gasteiger partial charge is 0.325 e. The van der Waals surface area contributed by atoms with Gasteiger partial charge in [-0.05, 0) is 68.6 Å². The fraction of sp³-hybridized carbons (Fsp3) is 0.450. The first-order valence-electron chi connectivity index (χ1n) is 8.72. The van der Waals surface area contributed by atoms with Crippen molar-refractivity contribution >= 4 is 34.8 Å². The van der Waals surface area contributed by atoms with Crippen LogP contribution in [0.1, 0.15) is 38.5 Å². The number of rotatable bonds is 2. The van der Waals surface area contributed by atoms with Gasteiger partial charge in [0.2, 0.25) is 5.91 Å². The summed E-state index contributed by atoms with van der Waals surface area (Å²) in [5.74, 6) is 1.19. The zero-order valence-corrected chi connectivity index (χ0v) is 15.2. The van der Waals surface area contributed by atoms with Crippen LogP contribution in [-0.2, 0) is 4.79 Å². The van der Waals surface area contributed by atoms with Crippen LogP contribution in [-0.4, -0.2) is 5.91 Å². The number of benzene rings is 1. The van der Waals surface area contributed by atoms with Crippen molar-refractivity contribution in [3.05, 3.63) is 52.5 Å². The van der Waals surface area contributed by atoms with Gasteiger partial charge in [-0.25, -0.2) is 0 Å². The summed E-state index contributed by atoms with van der Waals surface area (Å²) in [6.07, 6.45) is 15.6. The Bertz CT molecular complexity index is 629. The zero-order chi connectivity index (χ0) is 16.9. The molecule has 2 atom stereocenters. The molecule has 1 aromatic carbocycles. The highest BCUT2D eigenvalue weighted by atomic mass is 35.5. The van der Waals surface area contributed by atoms with Gasteiger partial charge < -0.3 is 5.32 Å². The van der Waals surface area contributed by atoms with E-state index in [0.717, 1.165) is 38.5 Å². The molecule has 0 bridgehead atoms. The van der Waals surface area contributed by atoms with Crippen molar-refractivity contribution in [2.75, 3.05) is 5.32 Å². The maximum Gasteiger partial charge on any atom is 0.228 e. The molecule has 0 radical (unpaired) electrons. The van der Waals surface area contributed by atoms with Gasteiger partial charge in [0.25, 0.3) is 0 Å². The van der Waals surface area contributed by atoms with Crippen molar-refractivity contribution < 1.29 is 4.79 Å². The molecule has 1 amide bonds. The Hall–Kier alpha value is -1.25. The molecule has 3 rings (SSSR count). The van der Waals surface area contributed by atoms with E-state index in [1.54, 1.807) is 18.2 Å². The van der Waals surface area contributed by atoms with Crippen LogP contribution in [0.4, 0.5) is 5.69 Å². The Morgan fingerprint density at radius 2 is 1.50 bits per heavy atom. The van der Waals surface area contributed by atoms with Crippen LogP contribution >= 0.6 is 23.2 Å². The van der Waals surface area contributed by atoms with Crippen molar-refractivity contribution in [3.63, 3.8) is 0 Å². The van der Waals surface area contributed by atoms with E-state index in [0.29, 0.717) is 27.6 Å². The van der Waals surface area contributed by atoms with E-state index in [1.807, 2.05) is 0 Å². The fourth-order valence-corrected chi connectivity index (χ4v) is 4.12. The lowest BCUT2D eigenvalue weighted by molar-refractivity contribution is -0.117. The second-order valence-electron chi connectivity index (χ2n) is 6.64. The molecule has 2 aliphatic carbocycles. The summed E-state index contributed by atoms with van der Waals surface area (Å²) in [6.45, 7) is 0. The zero-order valence-electron chi connectivity index (χ0n) is 13.7. The molecule has 0 saturated heterocycles. The molecule has 0 spiro atoms. The lowest BCUT2D eigenvalue weighted by atomic mass is 10.1. The van der Waals surface area contributed by atoms with E-state index >= 15 is 0 Å². The third-order valence-corrected chi connectivity index (χ3v) is 5.54. The molecule has 4 heteroatoms. The summed E-state index contributed by atoms with van der Waals surface area (Å²) in [5, 5.41) is 4.05. The van der Waals surface area contributed by atoms with Crippen molar-refractivity contribution in [3.8, 4) is 0 Å². The number of anilines is 1. The monoisotopic (exact) mass is 363 g/mol. The second-order valence-corrected chi connectivity index (χ2v) is 7.49. The third kappa shape index (κ3) is 4.43. The molecule has 0 aromatic heterocycles. The van der Waals surface area contributed by atoms with Gasteiger partial charge in [-0.2, -0.15) is 0 Å². The van der Waals surface area contributed by atoms with Gasteiger partial charge in [-0.1, -0.05) is 47.5 Å². The number of carbonyl (C=O) groups excluding carboxylic acids is 1. The van der Waals surface area contributed by atoms with Crippen LogP contribution in [0.2, 0.25) is 10.0 Å². The average molecular weight is 364 g/mol. The smallest absolute Gasteiger partial charge is 0.228 e. The molecule has 2 aliphatic rings. The Morgan fingerprint density at radius 3 is 2.08 bits per heavy atom. The molecule has 0 heterocycles. The molecule has 2 unspecified atom stereocenters. The standard InChI is InChI=1S/C20H23Cl2NO/c21-14-11-12-18(17(22)13-14)23-20(24)19-15-9-7-5-3-1-2-4-6-8-10-16(15)19/h3-6,11-13,15-16,19H,1-2,7-10H2,(H,23,24)/b5-3-,6-4-. The topological polar surface area (TPSA) is 29.1 Å². The van der Waals surface area contributed by atoms with Crippen LogP contribution in [0.15, 0.2) is 42.5 Å². The molecular formula is C20H23Cl2NO. The van der Waals surface area contributed by atoms with E-state index in [2.05, 4.69) is 29.6 Å². The van der Waals surface area contributed by atoms with Crippen LogP contribution in [0.3, 0.4) is 0 Å². The van der Waals surface area contributed by atoms with Gasteiger partial charge in [-0.15, -0.1) is 0 Å². The van der Waals surface area contributed by atoms with E-state index in [4.69, 9.17) is 23.2 Å².